The van der Waals surface area contributed by atoms with Crippen LogP contribution in [0.2, 0.25) is 0 Å². The highest BCUT2D eigenvalue weighted by Gasteiger charge is 2.10. The summed E-state index contributed by atoms with van der Waals surface area (Å²) in [6, 6.07) is 14.6. The van der Waals surface area contributed by atoms with Crippen molar-refractivity contribution in [1.82, 2.24) is 9.97 Å². The number of aryl methyl sites for hydroxylation is 1. The van der Waals surface area contributed by atoms with Crippen molar-refractivity contribution in [2.24, 2.45) is 0 Å². The van der Waals surface area contributed by atoms with Crippen LogP contribution in [0.1, 0.15) is 5.56 Å². The van der Waals surface area contributed by atoms with E-state index in [2.05, 4.69) is 47.2 Å². The summed E-state index contributed by atoms with van der Waals surface area (Å²) in [5, 5.41) is 0. The molecule has 0 bridgehead atoms. The molecular formula is C15H14N2. The molecule has 3 rings (SSSR count). The largest absolute Gasteiger partial charge is 0.361 e. The van der Waals surface area contributed by atoms with Crippen LogP contribution in [0.15, 0.2) is 54.9 Å². The summed E-state index contributed by atoms with van der Waals surface area (Å²) in [5.41, 5.74) is 6.09. The van der Waals surface area contributed by atoms with Crippen LogP contribution >= 0.6 is 0 Å². The van der Waals surface area contributed by atoms with Gasteiger partial charge in [0.25, 0.3) is 0 Å². The number of benzene rings is 1. The molecule has 0 aliphatic rings. The van der Waals surface area contributed by atoms with Gasteiger partial charge in [-0.3, -0.25) is 0 Å². The maximum absolute atomic E-state index is 3.28. The lowest BCUT2D eigenvalue weighted by Gasteiger charge is -2.10. The molecule has 2 heteroatoms. The lowest BCUT2D eigenvalue weighted by atomic mass is 9.97. The lowest BCUT2D eigenvalue weighted by Crippen LogP contribution is -1.89. The molecule has 2 heterocycles. The van der Waals surface area contributed by atoms with Crippen molar-refractivity contribution < 1.29 is 0 Å². The third-order valence-electron chi connectivity index (χ3n) is 3.03. The fourth-order valence-corrected chi connectivity index (χ4v) is 2.23. The van der Waals surface area contributed by atoms with Gasteiger partial charge in [-0.15, -0.1) is 0 Å². The topological polar surface area (TPSA) is 31.6 Å². The van der Waals surface area contributed by atoms with E-state index < -0.39 is 0 Å². The molecule has 0 spiro atoms. The Morgan fingerprint density at radius 3 is 2.12 bits per heavy atom. The van der Waals surface area contributed by atoms with E-state index in [0.29, 0.717) is 0 Å². The van der Waals surface area contributed by atoms with Crippen LogP contribution in [0.25, 0.3) is 22.5 Å². The van der Waals surface area contributed by atoms with Crippen LogP contribution in [0.4, 0.5) is 0 Å². The van der Waals surface area contributed by atoms with Crippen molar-refractivity contribution in [1.29, 1.82) is 0 Å². The molecule has 0 radical (unpaired) electrons. The normalized spacial score (nSPS) is 10.6. The maximum atomic E-state index is 3.28. The van der Waals surface area contributed by atoms with Gasteiger partial charge < -0.3 is 9.97 Å². The van der Waals surface area contributed by atoms with E-state index in [-0.39, 0.29) is 0 Å². The van der Waals surface area contributed by atoms with Gasteiger partial charge in [-0.1, -0.05) is 18.2 Å². The molecule has 0 saturated heterocycles. The number of rotatable bonds is 2. The van der Waals surface area contributed by atoms with Crippen molar-refractivity contribution in [2.75, 3.05) is 0 Å². The number of hydrogen-bond donors (Lipinski definition) is 2. The molecule has 17 heavy (non-hydrogen) atoms. The minimum Gasteiger partial charge on any atom is -0.361 e. The summed E-state index contributed by atoms with van der Waals surface area (Å²) >= 11 is 0. The molecule has 0 aliphatic heterocycles. The Kier molecular flexibility index (Phi) is 2.33. The average Bonchev–Trinajstić information content (AvgIpc) is 3.02. The Morgan fingerprint density at radius 1 is 0.765 bits per heavy atom. The van der Waals surface area contributed by atoms with Crippen molar-refractivity contribution in [3.05, 3.63) is 60.4 Å². The Balaban J connectivity index is 2.26. The van der Waals surface area contributed by atoms with Gasteiger partial charge in [-0.25, -0.2) is 0 Å². The van der Waals surface area contributed by atoms with Gasteiger partial charge in [0.15, 0.2) is 0 Å². The van der Waals surface area contributed by atoms with Gasteiger partial charge in [0.2, 0.25) is 0 Å². The van der Waals surface area contributed by atoms with E-state index in [1.807, 2.05) is 24.5 Å². The van der Waals surface area contributed by atoms with Crippen LogP contribution in [0.3, 0.4) is 0 Å². The summed E-state index contributed by atoms with van der Waals surface area (Å²) < 4.78 is 0. The zero-order valence-corrected chi connectivity index (χ0v) is 9.70. The number of aromatic nitrogens is 2. The lowest BCUT2D eigenvalue weighted by molar-refractivity contribution is 1.34. The molecule has 2 aromatic heterocycles. The maximum Gasteiger partial charge on any atom is 0.0463 e. The first-order valence-corrected chi connectivity index (χ1v) is 5.73. The van der Waals surface area contributed by atoms with Gasteiger partial charge in [0, 0.05) is 34.9 Å². The molecule has 0 amide bonds. The Labute approximate surface area is 100 Å². The van der Waals surface area contributed by atoms with E-state index in [9.17, 15) is 0 Å². The molecule has 0 saturated carbocycles. The van der Waals surface area contributed by atoms with Crippen molar-refractivity contribution in [2.45, 2.75) is 6.92 Å². The molecular weight excluding hydrogens is 208 g/mol. The molecule has 0 unspecified atom stereocenters. The SMILES string of the molecule is Cc1cccc(-c2ccc[nH]2)c1-c1ccc[nH]1. The minimum absolute atomic E-state index is 1.15. The summed E-state index contributed by atoms with van der Waals surface area (Å²) in [7, 11) is 0. The number of H-pyrrole nitrogens is 2. The Morgan fingerprint density at radius 2 is 1.47 bits per heavy atom. The predicted octanol–water partition coefficient (Wildman–Crippen LogP) is 3.99. The highest BCUT2D eigenvalue weighted by atomic mass is 14.7. The molecule has 0 fully saturated rings. The van der Waals surface area contributed by atoms with Crippen LogP contribution < -0.4 is 0 Å². The second-order valence-corrected chi connectivity index (χ2v) is 4.17. The molecule has 1 aromatic carbocycles. The van der Waals surface area contributed by atoms with Crippen molar-refractivity contribution in [3.8, 4) is 22.5 Å². The summed E-state index contributed by atoms with van der Waals surface area (Å²) in [5.74, 6) is 0. The molecule has 3 aromatic rings. The fourth-order valence-electron chi connectivity index (χ4n) is 2.23. The highest BCUT2D eigenvalue weighted by molar-refractivity contribution is 5.82. The monoisotopic (exact) mass is 222 g/mol. The average molecular weight is 222 g/mol. The second-order valence-electron chi connectivity index (χ2n) is 4.17. The summed E-state index contributed by atoms with van der Waals surface area (Å²) in [4.78, 5) is 6.55. The third kappa shape index (κ3) is 1.68. The molecule has 0 aliphatic carbocycles. The van der Waals surface area contributed by atoms with E-state index in [1.54, 1.807) is 0 Å². The fraction of sp³-hybridized carbons (Fsp3) is 0.0667. The Hall–Kier alpha value is -2.22. The minimum atomic E-state index is 1.15. The number of hydrogen-bond acceptors (Lipinski definition) is 0. The zero-order chi connectivity index (χ0) is 11.7. The zero-order valence-electron chi connectivity index (χ0n) is 9.70. The van der Waals surface area contributed by atoms with Crippen LogP contribution in [0, 0.1) is 6.92 Å². The number of nitrogens with one attached hydrogen (secondary N) is 2. The van der Waals surface area contributed by atoms with Gasteiger partial charge in [0.1, 0.15) is 0 Å². The predicted molar refractivity (Wildman–Crippen MR) is 70.8 cm³/mol. The first-order chi connectivity index (χ1) is 8.36. The third-order valence-corrected chi connectivity index (χ3v) is 3.03. The number of aromatic amines is 2. The van der Waals surface area contributed by atoms with Gasteiger partial charge in [0.05, 0.1) is 0 Å². The van der Waals surface area contributed by atoms with Gasteiger partial charge >= 0.3 is 0 Å². The van der Waals surface area contributed by atoms with E-state index in [4.69, 9.17) is 0 Å². The van der Waals surface area contributed by atoms with Gasteiger partial charge in [-0.2, -0.15) is 0 Å². The summed E-state index contributed by atoms with van der Waals surface area (Å²) in [6.45, 7) is 2.14. The van der Waals surface area contributed by atoms with E-state index in [0.717, 1.165) is 11.4 Å². The molecule has 2 N–H and O–H groups in total. The standard InChI is InChI=1S/C15H14N2/c1-11-5-2-6-12(13-7-3-9-16-13)15(11)14-8-4-10-17-14/h2-10,16-17H,1H3. The van der Waals surface area contributed by atoms with Gasteiger partial charge in [-0.05, 0) is 36.8 Å². The van der Waals surface area contributed by atoms with Crippen LogP contribution in [0.5, 0.6) is 0 Å². The van der Waals surface area contributed by atoms with E-state index >= 15 is 0 Å². The van der Waals surface area contributed by atoms with Crippen LogP contribution in [-0.4, -0.2) is 9.97 Å². The molecule has 0 atom stereocenters. The molecule has 84 valence electrons. The quantitative estimate of drug-likeness (QED) is 0.657. The molecule has 2 nitrogen and oxygen atoms in total. The Bertz CT molecular complexity index is 604. The van der Waals surface area contributed by atoms with Crippen molar-refractivity contribution in [3.63, 3.8) is 0 Å². The van der Waals surface area contributed by atoms with Crippen LogP contribution in [-0.2, 0) is 0 Å². The highest BCUT2D eigenvalue weighted by Crippen LogP contribution is 2.32. The first-order valence-electron chi connectivity index (χ1n) is 5.73. The van der Waals surface area contributed by atoms with E-state index in [1.165, 1.54) is 16.7 Å². The van der Waals surface area contributed by atoms with Crippen molar-refractivity contribution >= 4 is 0 Å². The first kappa shape index (κ1) is 9.97. The smallest absolute Gasteiger partial charge is 0.0463 e. The summed E-state index contributed by atoms with van der Waals surface area (Å²) in [6.07, 6.45) is 3.91. The second kappa shape index (κ2) is 3.98.